The van der Waals surface area contributed by atoms with E-state index in [1.807, 2.05) is 4.90 Å². The fourth-order valence-electron chi connectivity index (χ4n) is 5.03. The van der Waals surface area contributed by atoms with E-state index in [4.69, 9.17) is 46.4 Å². The summed E-state index contributed by atoms with van der Waals surface area (Å²) in [5.74, 6) is -2.47. The minimum atomic E-state index is -4.54. The van der Waals surface area contributed by atoms with E-state index in [0.717, 1.165) is 18.9 Å². The van der Waals surface area contributed by atoms with Gasteiger partial charge in [0.1, 0.15) is 34.7 Å². The van der Waals surface area contributed by atoms with Gasteiger partial charge in [0.15, 0.2) is 0 Å². The van der Waals surface area contributed by atoms with Gasteiger partial charge < -0.3 is 10.2 Å². The third-order valence-electron chi connectivity index (χ3n) is 7.55. The van der Waals surface area contributed by atoms with E-state index in [1.165, 1.54) is 23.0 Å². The molecular weight excluding hydrogens is 742 g/mol. The molecule has 1 N–H and O–H groups in total. The molecular formula is C31H23Cl4F6N7O. The molecule has 6 rings (SSSR count). The summed E-state index contributed by atoms with van der Waals surface area (Å²) in [4.78, 5) is 25.8. The Balaban J connectivity index is 0.000000193. The number of benzene rings is 2. The molecule has 1 aliphatic heterocycles. The molecule has 4 heterocycles. The summed E-state index contributed by atoms with van der Waals surface area (Å²) in [5, 5.41) is 6.60. The van der Waals surface area contributed by atoms with E-state index >= 15 is 0 Å². The Labute approximate surface area is 295 Å². The molecule has 1 fully saturated rings. The van der Waals surface area contributed by atoms with Crippen LogP contribution in [-0.4, -0.2) is 43.6 Å². The quantitative estimate of drug-likeness (QED) is 0.142. The van der Waals surface area contributed by atoms with Crippen molar-refractivity contribution in [2.45, 2.75) is 32.5 Å². The molecule has 0 radical (unpaired) electrons. The van der Waals surface area contributed by atoms with Crippen LogP contribution in [0.3, 0.4) is 0 Å². The fourth-order valence-corrected chi connectivity index (χ4v) is 6.09. The maximum Gasteiger partial charge on any atom is 0.417 e. The standard InChI is InChI=1S/C17H15ClF3N5.C14H8Cl3F3N2O/c1-9-2-4-25(5-3-9)16-14(13-11(20)6-10(19)7-12(13)21)15(18)24-17-22-8-23-26(16)17;15-8-2-1-3-9(16)12(8)13(23)22-6-11-10(17)4-7(5-21-11)14(18,19)20/h6-9H,2-5H2,1H3;1-5H,6H2,(H,22,23). The number of nitrogens with zero attached hydrogens (tertiary/aromatic N) is 6. The van der Waals surface area contributed by atoms with Gasteiger partial charge in [-0.3, -0.25) is 9.78 Å². The molecule has 49 heavy (non-hydrogen) atoms. The van der Waals surface area contributed by atoms with Gasteiger partial charge in [-0.2, -0.15) is 32.8 Å². The summed E-state index contributed by atoms with van der Waals surface area (Å²) < 4.78 is 81.3. The molecule has 0 unspecified atom stereocenters. The Morgan fingerprint density at radius 3 is 2.16 bits per heavy atom. The third-order valence-corrected chi connectivity index (χ3v) is 8.78. The first kappa shape index (κ1) is 36.4. The topological polar surface area (TPSA) is 88.3 Å². The Bertz CT molecular complexity index is 1980. The van der Waals surface area contributed by atoms with E-state index in [-0.39, 0.29) is 49.4 Å². The second-order valence-corrected chi connectivity index (χ2v) is 12.5. The highest BCUT2D eigenvalue weighted by Gasteiger charge is 2.32. The zero-order valence-electron chi connectivity index (χ0n) is 25.1. The van der Waals surface area contributed by atoms with E-state index in [2.05, 4.69) is 32.3 Å². The van der Waals surface area contributed by atoms with Crippen LogP contribution >= 0.6 is 46.4 Å². The Morgan fingerprint density at radius 2 is 1.57 bits per heavy atom. The third kappa shape index (κ3) is 8.14. The van der Waals surface area contributed by atoms with Crippen molar-refractivity contribution in [1.82, 2.24) is 29.9 Å². The van der Waals surface area contributed by atoms with Gasteiger partial charge in [0.2, 0.25) is 0 Å². The zero-order valence-corrected chi connectivity index (χ0v) is 28.1. The number of piperidine rings is 1. The van der Waals surface area contributed by atoms with Crippen molar-refractivity contribution in [2.75, 3.05) is 18.0 Å². The van der Waals surface area contributed by atoms with Crippen LogP contribution in [0.2, 0.25) is 20.2 Å². The molecule has 3 aromatic heterocycles. The lowest BCUT2D eigenvalue weighted by Crippen LogP contribution is -2.35. The number of hydrogen-bond donors (Lipinski definition) is 1. The predicted molar refractivity (Wildman–Crippen MR) is 174 cm³/mol. The van der Waals surface area contributed by atoms with E-state index in [1.54, 1.807) is 6.07 Å². The molecule has 5 aromatic rings. The minimum Gasteiger partial charge on any atom is -0.356 e. The molecule has 0 spiro atoms. The van der Waals surface area contributed by atoms with Crippen LogP contribution in [-0.2, 0) is 12.7 Å². The largest absolute Gasteiger partial charge is 0.417 e. The van der Waals surface area contributed by atoms with Crippen LogP contribution < -0.4 is 10.2 Å². The molecule has 0 bridgehead atoms. The van der Waals surface area contributed by atoms with Gasteiger partial charge in [-0.1, -0.05) is 59.4 Å². The second kappa shape index (κ2) is 15.0. The molecule has 1 aliphatic rings. The van der Waals surface area contributed by atoms with E-state index in [9.17, 15) is 31.1 Å². The molecule has 0 aliphatic carbocycles. The first-order valence-corrected chi connectivity index (χ1v) is 15.9. The van der Waals surface area contributed by atoms with Crippen molar-refractivity contribution in [2.24, 2.45) is 5.92 Å². The van der Waals surface area contributed by atoms with Crippen molar-refractivity contribution < 1.29 is 31.1 Å². The molecule has 1 saturated heterocycles. The van der Waals surface area contributed by atoms with E-state index < -0.39 is 40.7 Å². The number of fused-ring (bicyclic) bond motifs is 1. The number of alkyl halides is 3. The number of halogens is 10. The van der Waals surface area contributed by atoms with Gasteiger partial charge in [0.05, 0.1) is 49.6 Å². The highest BCUT2D eigenvalue weighted by atomic mass is 35.5. The van der Waals surface area contributed by atoms with Crippen molar-refractivity contribution in [1.29, 1.82) is 0 Å². The molecule has 18 heteroatoms. The molecule has 8 nitrogen and oxygen atoms in total. The number of anilines is 1. The van der Waals surface area contributed by atoms with E-state index in [0.29, 0.717) is 43.2 Å². The number of hydrogen-bond acceptors (Lipinski definition) is 6. The molecule has 0 saturated carbocycles. The smallest absolute Gasteiger partial charge is 0.356 e. The minimum absolute atomic E-state index is 0.0502. The van der Waals surface area contributed by atoms with Gasteiger partial charge in [-0.25, -0.2) is 13.2 Å². The van der Waals surface area contributed by atoms with Gasteiger partial charge in [-0.05, 0) is 37.0 Å². The average Bonchev–Trinajstić information content (AvgIpc) is 3.48. The maximum atomic E-state index is 14.5. The number of pyridine rings is 1. The number of amides is 1. The Morgan fingerprint density at radius 1 is 0.939 bits per heavy atom. The number of carbonyl (C=O) groups is 1. The van der Waals surface area contributed by atoms with Gasteiger partial charge >= 0.3 is 6.18 Å². The summed E-state index contributed by atoms with van der Waals surface area (Å²) in [7, 11) is 0. The summed E-state index contributed by atoms with van der Waals surface area (Å²) in [6.07, 6.45) is -0.747. The Hall–Kier alpha value is -3.85. The average molecular weight is 765 g/mol. The second-order valence-electron chi connectivity index (χ2n) is 10.9. The lowest BCUT2D eigenvalue weighted by atomic mass is 9.98. The van der Waals surface area contributed by atoms with Crippen LogP contribution in [0.5, 0.6) is 0 Å². The van der Waals surface area contributed by atoms with Gasteiger partial charge in [0, 0.05) is 31.4 Å². The lowest BCUT2D eigenvalue weighted by molar-refractivity contribution is -0.137. The molecule has 0 atom stereocenters. The lowest BCUT2D eigenvalue weighted by Gasteiger charge is -2.33. The van der Waals surface area contributed by atoms with Crippen molar-refractivity contribution in [3.05, 3.63) is 103 Å². The summed E-state index contributed by atoms with van der Waals surface area (Å²) in [6, 6.07) is 6.57. The van der Waals surface area contributed by atoms with Crippen LogP contribution in [0.15, 0.2) is 48.9 Å². The van der Waals surface area contributed by atoms with Gasteiger partial charge in [0.25, 0.3) is 11.7 Å². The highest BCUT2D eigenvalue weighted by molar-refractivity contribution is 6.39. The Kier molecular flexibility index (Phi) is 11.1. The SMILES string of the molecule is CC1CCN(c2c(-c3c(F)cc(F)cc3F)c(Cl)nc3ncnn23)CC1.O=C(NCc1ncc(C(F)(F)F)cc1Cl)c1c(Cl)cccc1Cl. The normalized spacial score (nSPS) is 13.7. The number of rotatable bonds is 5. The molecule has 2 aromatic carbocycles. The summed E-state index contributed by atoms with van der Waals surface area (Å²) in [6.45, 7) is 3.33. The zero-order chi connectivity index (χ0) is 35.6. The summed E-state index contributed by atoms with van der Waals surface area (Å²) >= 11 is 23.8. The molecule has 258 valence electrons. The van der Waals surface area contributed by atoms with Crippen molar-refractivity contribution in [3.8, 4) is 11.1 Å². The first-order valence-electron chi connectivity index (χ1n) is 14.4. The van der Waals surface area contributed by atoms with Crippen molar-refractivity contribution >= 4 is 63.9 Å². The van der Waals surface area contributed by atoms with Crippen LogP contribution in [0, 0.1) is 23.4 Å². The number of carbonyl (C=O) groups excluding carboxylic acids is 1. The van der Waals surface area contributed by atoms with Crippen molar-refractivity contribution in [3.63, 3.8) is 0 Å². The molecule has 1 amide bonds. The van der Waals surface area contributed by atoms with Crippen LogP contribution in [0.1, 0.15) is 41.4 Å². The number of aromatic nitrogens is 5. The first-order chi connectivity index (χ1) is 23.1. The number of nitrogens with one attached hydrogen (secondary N) is 1. The fraction of sp³-hybridized carbons (Fsp3) is 0.258. The monoisotopic (exact) mass is 763 g/mol. The predicted octanol–water partition coefficient (Wildman–Crippen LogP) is 9.09. The van der Waals surface area contributed by atoms with Gasteiger partial charge in [-0.15, -0.1) is 0 Å². The summed E-state index contributed by atoms with van der Waals surface area (Å²) in [5.41, 5.74) is -1.18. The maximum absolute atomic E-state index is 14.5. The van der Waals surface area contributed by atoms with Crippen LogP contribution in [0.4, 0.5) is 32.2 Å². The highest BCUT2D eigenvalue weighted by Crippen LogP contribution is 2.40. The van der Waals surface area contributed by atoms with Crippen LogP contribution in [0.25, 0.3) is 16.9 Å².